The summed E-state index contributed by atoms with van der Waals surface area (Å²) in [5, 5.41) is 21.6. The van der Waals surface area contributed by atoms with Gasteiger partial charge >= 0.3 is 5.97 Å². The lowest BCUT2D eigenvalue weighted by Crippen LogP contribution is -2.53. The Bertz CT molecular complexity index is 899. The number of aliphatic hydroxyl groups excluding tert-OH is 2. The average molecular weight is 478 g/mol. The molecular formula is C27H40ClNO4. The van der Waals surface area contributed by atoms with Crippen molar-refractivity contribution in [2.75, 3.05) is 13.2 Å². The highest BCUT2D eigenvalue weighted by Gasteiger charge is 2.58. The van der Waals surface area contributed by atoms with Gasteiger partial charge in [-0.25, -0.2) is 4.98 Å². The van der Waals surface area contributed by atoms with Gasteiger partial charge in [0.05, 0.1) is 11.1 Å². The monoisotopic (exact) mass is 477 g/mol. The molecule has 4 rings (SSSR count). The van der Waals surface area contributed by atoms with Crippen molar-refractivity contribution in [3.63, 3.8) is 0 Å². The number of hydrogen-bond donors (Lipinski definition) is 2. The molecular weight excluding hydrogens is 438 g/mol. The van der Waals surface area contributed by atoms with Crippen LogP contribution in [0.15, 0.2) is 12.1 Å². The summed E-state index contributed by atoms with van der Waals surface area (Å²) in [6, 6.07) is 3.97. The van der Waals surface area contributed by atoms with Gasteiger partial charge in [-0.2, -0.15) is 0 Å². The van der Waals surface area contributed by atoms with Crippen molar-refractivity contribution in [1.82, 2.24) is 4.98 Å². The number of fused-ring (bicyclic) bond motifs is 3. The highest BCUT2D eigenvalue weighted by atomic mass is 35.5. The second kappa shape index (κ2) is 8.80. The lowest BCUT2D eigenvalue weighted by atomic mass is 9.49. The van der Waals surface area contributed by atoms with Crippen LogP contribution in [0.5, 0.6) is 0 Å². The molecule has 33 heavy (non-hydrogen) atoms. The number of rotatable bonds is 4. The first kappa shape index (κ1) is 24.9. The van der Waals surface area contributed by atoms with Crippen LogP contribution < -0.4 is 0 Å². The summed E-state index contributed by atoms with van der Waals surface area (Å²) in [6.07, 6.45) is 5.16. The summed E-state index contributed by atoms with van der Waals surface area (Å²) < 4.78 is 5.84. The minimum Gasteiger partial charge on any atom is -0.462 e. The fourth-order valence-electron chi connectivity index (χ4n) is 7.30. The zero-order valence-corrected chi connectivity index (χ0v) is 21.5. The minimum atomic E-state index is -0.528. The van der Waals surface area contributed by atoms with Crippen molar-refractivity contribution in [3.8, 4) is 0 Å². The SMILES string of the molecule is CC(C)(C)C(=O)OC1CCC(C)([C@H]2CC[C@]3(C)c4nc(Cl)ccc4C[C@H]3[C@@H]2CO)C(CO)C1. The molecule has 3 aliphatic rings. The van der Waals surface area contributed by atoms with E-state index < -0.39 is 5.41 Å². The Morgan fingerprint density at radius 2 is 1.88 bits per heavy atom. The maximum Gasteiger partial charge on any atom is 0.311 e. The Morgan fingerprint density at radius 1 is 1.15 bits per heavy atom. The molecule has 0 aromatic carbocycles. The van der Waals surface area contributed by atoms with Crippen LogP contribution in [0.25, 0.3) is 0 Å². The number of carbonyl (C=O) groups excluding carboxylic acids is 1. The summed E-state index contributed by atoms with van der Waals surface area (Å²) >= 11 is 6.25. The zero-order chi connectivity index (χ0) is 24.2. The van der Waals surface area contributed by atoms with E-state index in [-0.39, 0.29) is 48.0 Å². The van der Waals surface area contributed by atoms with Gasteiger partial charge in [-0.15, -0.1) is 0 Å². The Labute approximate surface area is 203 Å². The van der Waals surface area contributed by atoms with Crippen molar-refractivity contribution in [3.05, 3.63) is 28.5 Å². The number of ether oxygens (including phenoxy) is 1. The largest absolute Gasteiger partial charge is 0.462 e. The zero-order valence-electron chi connectivity index (χ0n) is 20.7. The van der Waals surface area contributed by atoms with Crippen LogP contribution in [0.4, 0.5) is 0 Å². The lowest BCUT2D eigenvalue weighted by Gasteiger charge is -2.56. The van der Waals surface area contributed by atoms with E-state index in [9.17, 15) is 15.0 Å². The van der Waals surface area contributed by atoms with E-state index in [1.54, 1.807) is 0 Å². The molecule has 1 aromatic heterocycles. The average Bonchev–Trinajstić information content (AvgIpc) is 3.05. The van der Waals surface area contributed by atoms with E-state index in [0.29, 0.717) is 23.4 Å². The molecule has 6 heteroatoms. The van der Waals surface area contributed by atoms with Gasteiger partial charge in [0, 0.05) is 18.6 Å². The summed E-state index contributed by atoms with van der Waals surface area (Å²) in [4.78, 5) is 17.2. The molecule has 0 amide bonds. The molecule has 2 fully saturated rings. The van der Waals surface area contributed by atoms with Crippen molar-refractivity contribution < 1.29 is 19.7 Å². The first-order valence-electron chi connectivity index (χ1n) is 12.5. The number of halogens is 1. The van der Waals surface area contributed by atoms with Gasteiger partial charge in [0.2, 0.25) is 0 Å². The van der Waals surface area contributed by atoms with Crippen LogP contribution >= 0.6 is 11.6 Å². The summed E-state index contributed by atoms with van der Waals surface area (Å²) in [5.74, 6) is 0.633. The molecule has 0 radical (unpaired) electrons. The van der Waals surface area contributed by atoms with Crippen LogP contribution in [-0.4, -0.2) is 40.5 Å². The minimum absolute atomic E-state index is 0.0452. The molecule has 5 nitrogen and oxygen atoms in total. The fraction of sp³-hybridized carbons (Fsp3) is 0.778. The number of esters is 1. The highest BCUT2D eigenvalue weighted by molar-refractivity contribution is 6.29. The highest BCUT2D eigenvalue weighted by Crippen LogP contribution is 2.61. The van der Waals surface area contributed by atoms with Crippen molar-refractivity contribution in [1.29, 1.82) is 0 Å². The van der Waals surface area contributed by atoms with Crippen molar-refractivity contribution in [2.45, 2.75) is 84.7 Å². The normalized spacial score (nSPS) is 38.5. The molecule has 3 unspecified atom stereocenters. The number of aliphatic hydroxyl groups is 2. The summed E-state index contributed by atoms with van der Waals surface area (Å²) in [7, 11) is 0. The quantitative estimate of drug-likeness (QED) is 0.474. The van der Waals surface area contributed by atoms with E-state index >= 15 is 0 Å². The smallest absolute Gasteiger partial charge is 0.311 e. The maximum atomic E-state index is 12.4. The number of carbonyl (C=O) groups is 1. The number of hydrogen-bond acceptors (Lipinski definition) is 5. The van der Waals surface area contributed by atoms with Gasteiger partial charge in [-0.3, -0.25) is 4.79 Å². The van der Waals surface area contributed by atoms with E-state index in [1.807, 2.05) is 26.8 Å². The predicted molar refractivity (Wildman–Crippen MR) is 129 cm³/mol. The van der Waals surface area contributed by atoms with E-state index in [0.717, 1.165) is 37.8 Å². The molecule has 184 valence electrons. The van der Waals surface area contributed by atoms with E-state index in [4.69, 9.17) is 21.3 Å². The molecule has 0 saturated heterocycles. The van der Waals surface area contributed by atoms with Crippen LogP contribution in [0.3, 0.4) is 0 Å². The fourth-order valence-corrected chi connectivity index (χ4v) is 7.45. The molecule has 7 atom stereocenters. The van der Waals surface area contributed by atoms with Gasteiger partial charge in [0.25, 0.3) is 0 Å². The Kier molecular flexibility index (Phi) is 6.65. The lowest BCUT2D eigenvalue weighted by molar-refractivity contribution is -0.167. The molecule has 0 bridgehead atoms. The van der Waals surface area contributed by atoms with E-state index in [1.165, 1.54) is 5.56 Å². The molecule has 0 spiro atoms. The second-order valence-electron chi connectivity index (χ2n) is 12.3. The number of nitrogens with zero attached hydrogens (tertiary/aromatic N) is 1. The van der Waals surface area contributed by atoms with Gasteiger partial charge in [-0.05, 0) is 100 Å². The first-order chi connectivity index (χ1) is 15.4. The molecule has 2 N–H and O–H groups in total. The summed E-state index contributed by atoms with van der Waals surface area (Å²) in [6.45, 7) is 10.4. The molecule has 0 aliphatic heterocycles. The Morgan fingerprint density at radius 3 is 2.52 bits per heavy atom. The number of pyridine rings is 1. The molecule has 1 heterocycles. The van der Waals surface area contributed by atoms with Gasteiger partial charge in [0.1, 0.15) is 11.3 Å². The third kappa shape index (κ3) is 4.23. The van der Waals surface area contributed by atoms with Crippen molar-refractivity contribution >= 4 is 17.6 Å². The van der Waals surface area contributed by atoms with Gasteiger partial charge in [0.15, 0.2) is 0 Å². The van der Waals surface area contributed by atoms with Gasteiger partial charge < -0.3 is 14.9 Å². The molecule has 3 aliphatic carbocycles. The van der Waals surface area contributed by atoms with Crippen LogP contribution in [-0.2, 0) is 21.4 Å². The molecule has 2 saturated carbocycles. The topological polar surface area (TPSA) is 79.7 Å². The third-order valence-electron chi connectivity index (χ3n) is 9.40. The first-order valence-corrected chi connectivity index (χ1v) is 12.9. The summed E-state index contributed by atoms with van der Waals surface area (Å²) in [5.41, 5.74) is 1.66. The Balaban J connectivity index is 1.56. The number of aromatic nitrogens is 1. The van der Waals surface area contributed by atoms with Crippen LogP contribution in [0.1, 0.15) is 78.0 Å². The van der Waals surface area contributed by atoms with Crippen LogP contribution in [0.2, 0.25) is 5.15 Å². The van der Waals surface area contributed by atoms with Gasteiger partial charge in [-0.1, -0.05) is 31.5 Å². The maximum absolute atomic E-state index is 12.4. The van der Waals surface area contributed by atoms with Crippen LogP contribution in [0, 0.1) is 34.5 Å². The standard InChI is InChI=1S/C27H40ClNO4/c1-25(2,3)24(32)33-18-8-10-26(4,17(13-18)14-30)20-9-11-27(5)21(19(20)15-31)12-16-6-7-22(28)29-23(16)27/h6-7,17-21,30-31H,8-15H2,1-5H3/t17?,18?,19-,20+,21+,26?,27+/m1/s1. The van der Waals surface area contributed by atoms with Crippen molar-refractivity contribution in [2.24, 2.45) is 34.5 Å². The Hall–Kier alpha value is -1.17. The predicted octanol–water partition coefficient (Wildman–Crippen LogP) is 4.94. The third-order valence-corrected chi connectivity index (χ3v) is 9.61. The second-order valence-corrected chi connectivity index (χ2v) is 12.7. The van der Waals surface area contributed by atoms with E-state index in [2.05, 4.69) is 19.9 Å². The molecule has 1 aromatic rings.